The van der Waals surface area contributed by atoms with E-state index in [2.05, 4.69) is 34.1 Å². The number of hydrogen-bond donors (Lipinski definition) is 1. The number of nitrogens with zero attached hydrogens (tertiary/aromatic N) is 4. The number of hydrogen-bond acceptors (Lipinski definition) is 5. The summed E-state index contributed by atoms with van der Waals surface area (Å²) in [4.78, 5) is 26.6. The molecule has 0 fully saturated rings. The second kappa shape index (κ2) is 8.22. The van der Waals surface area contributed by atoms with Crippen LogP contribution < -0.4 is 5.32 Å². The van der Waals surface area contributed by atoms with Crippen molar-refractivity contribution in [3.63, 3.8) is 0 Å². The highest BCUT2D eigenvalue weighted by Gasteiger charge is 2.14. The van der Waals surface area contributed by atoms with Gasteiger partial charge in [0.05, 0.1) is 0 Å². The molecular formula is C17H23N5O. The molecule has 1 N–H and O–H groups in total. The third-order valence-corrected chi connectivity index (χ3v) is 3.38. The summed E-state index contributed by atoms with van der Waals surface area (Å²) in [5.41, 5.74) is 1.56. The lowest BCUT2D eigenvalue weighted by Crippen LogP contribution is -2.29. The molecule has 0 atom stereocenters. The van der Waals surface area contributed by atoms with Crippen LogP contribution in [0.15, 0.2) is 36.8 Å². The van der Waals surface area contributed by atoms with Crippen LogP contribution in [0.3, 0.4) is 0 Å². The maximum atomic E-state index is 12.5. The molecule has 2 aromatic rings. The van der Waals surface area contributed by atoms with Crippen LogP contribution in [0.5, 0.6) is 0 Å². The fourth-order valence-electron chi connectivity index (χ4n) is 2.00. The first-order valence-corrected chi connectivity index (χ1v) is 7.77. The van der Waals surface area contributed by atoms with Crippen molar-refractivity contribution in [2.75, 3.05) is 25.5 Å². The highest BCUT2D eigenvalue weighted by atomic mass is 16.2. The van der Waals surface area contributed by atoms with E-state index in [1.807, 2.05) is 12.1 Å². The molecule has 2 rings (SSSR count). The molecule has 1 amide bonds. The van der Waals surface area contributed by atoms with E-state index >= 15 is 0 Å². The number of carbonyl (C=O) groups is 1. The second-order valence-electron chi connectivity index (χ2n) is 5.87. The molecule has 0 bridgehead atoms. The van der Waals surface area contributed by atoms with E-state index in [1.54, 1.807) is 36.6 Å². The van der Waals surface area contributed by atoms with Gasteiger partial charge in [0.2, 0.25) is 5.95 Å². The molecule has 2 aromatic heterocycles. The van der Waals surface area contributed by atoms with Crippen LogP contribution in [0, 0.1) is 5.92 Å². The minimum atomic E-state index is -0.103. The first-order chi connectivity index (χ1) is 11.1. The molecule has 23 heavy (non-hydrogen) atoms. The first-order valence-electron chi connectivity index (χ1n) is 7.77. The number of pyridine rings is 1. The molecular weight excluding hydrogens is 290 g/mol. The standard InChI is InChI=1S/C17H23N5O/c1-13(2)12-20-17-19-10-6-15(21-17)16(23)22(3)11-7-14-4-8-18-9-5-14/h4-6,8-10,13H,7,11-12H2,1-3H3,(H,19,20,21). The summed E-state index contributed by atoms with van der Waals surface area (Å²) in [6, 6.07) is 5.56. The van der Waals surface area contributed by atoms with Gasteiger partial charge >= 0.3 is 0 Å². The quantitative estimate of drug-likeness (QED) is 0.849. The first kappa shape index (κ1) is 16.9. The molecule has 0 aliphatic heterocycles. The molecule has 0 aliphatic rings. The van der Waals surface area contributed by atoms with Crippen molar-refractivity contribution in [2.24, 2.45) is 5.92 Å². The van der Waals surface area contributed by atoms with E-state index in [-0.39, 0.29) is 5.91 Å². The van der Waals surface area contributed by atoms with E-state index in [0.29, 0.717) is 24.1 Å². The van der Waals surface area contributed by atoms with Gasteiger partial charge < -0.3 is 10.2 Å². The second-order valence-corrected chi connectivity index (χ2v) is 5.87. The van der Waals surface area contributed by atoms with Gasteiger partial charge in [-0.05, 0) is 36.1 Å². The summed E-state index contributed by atoms with van der Waals surface area (Å²) >= 11 is 0. The highest BCUT2D eigenvalue weighted by molar-refractivity contribution is 5.92. The van der Waals surface area contributed by atoms with E-state index in [9.17, 15) is 4.79 Å². The number of likely N-dealkylation sites (N-methyl/N-ethyl adjacent to an activating group) is 1. The van der Waals surface area contributed by atoms with E-state index in [0.717, 1.165) is 18.5 Å². The van der Waals surface area contributed by atoms with Gasteiger partial charge in [0.25, 0.3) is 5.91 Å². The van der Waals surface area contributed by atoms with E-state index in [4.69, 9.17) is 0 Å². The number of anilines is 1. The lowest BCUT2D eigenvalue weighted by molar-refractivity contribution is 0.0791. The number of carbonyl (C=O) groups excluding carboxylic acids is 1. The van der Waals surface area contributed by atoms with Crippen molar-refractivity contribution < 1.29 is 4.79 Å². The van der Waals surface area contributed by atoms with Crippen molar-refractivity contribution in [3.8, 4) is 0 Å². The Morgan fingerprint density at radius 1 is 1.22 bits per heavy atom. The Labute approximate surface area is 137 Å². The summed E-state index contributed by atoms with van der Waals surface area (Å²) in [5.74, 6) is 0.877. The Kier molecular flexibility index (Phi) is 6.02. The van der Waals surface area contributed by atoms with Gasteiger partial charge in [0.1, 0.15) is 5.69 Å². The smallest absolute Gasteiger partial charge is 0.272 e. The zero-order valence-corrected chi connectivity index (χ0v) is 13.9. The lowest BCUT2D eigenvalue weighted by atomic mass is 10.2. The predicted octanol–water partition coefficient (Wildman–Crippen LogP) is 2.25. The maximum absolute atomic E-state index is 12.5. The Morgan fingerprint density at radius 2 is 1.96 bits per heavy atom. The Morgan fingerprint density at radius 3 is 2.65 bits per heavy atom. The minimum absolute atomic E-state index is 0.103. The van der Waals surface area contributed by atoms with E-state index in [1.165, 1.54) is 0 Å². The molecule has 6 heteroatoms. The van der Waals surface area contributed by atoms with E-state index < -0.39 is 0 Å². The van der Waals surface area contributed by atoms with Gasteiger partial charge in [-0.25, -0.2) is 9.97 Å². The summed E-state index contributed by atoms with van der Waals surface area (Å²) in [5, 5.41) is 3.14. The minimum Gasteiger partial charge on any atom is -0.354 e. The van der Waals surface area contributed by atoms with Crippen molar-refractivity contribution >= 4 is 11.9 Å². The maximum Gasteiger partial charge on any atom is 0.272 e. The summed E-state index contributed by atoms with van der Waals surface area (Å²) in [6.07, 6.45) is 5.91. The van der Waals surface area contributed by atoms with Crippen molar-refractivity contribution in [1.29, 1.82) is 0 Å². The summed E-state index contributed by atoms with van der Waals surface area (Å²) in [6.45, 7) is 5.61. The molecule has 0 saturated heterocycles. The van der Waals surface area contributed by atoms with Gasteiger partial charge in [0.15, 0.2) is 0 Å². The Bertz CT molecular complexity index is 630. The molecule has 2 heterocycles. The fourth-order valence-corrected chi connectivity index (χ4v) is 2.00. The van der Waals surface area contributed by atoms with Gasteiger partial charge in [-0.2, -0.15) is 0 Å². The molecule has 6 nitrogen and oxygen atoms in total. The lowest BCUT2D eigenvalue weighted by Gasteiger charge is -2.17. The van der Waals surface area contributed by atoms with Crippen LogP contribution in [0.25, 0.3) is 0 Å². The predicted molar refractivity (Wildman–Crippen MR) is 90.3 cm³/mol. The van der Waals surface area contributed by atoms with Crippen LogP contribution in [0.1, 0.15) is 29.9 Å². The van der Waals surface area contributed by atoms with Gasteiger partial charge in [0, 0.05) is 38.7 Å². The van der Waals surface area contributed by atoms with Gasteiger partial charge in [-0.15, -0.1) is 0 Å². The fraction of sp³-hybridized carbons (Fsp3) is 0.412. The summed E-state index contributed by atoms with van der Waals surface area (Å²) < 4.78 is 0. The number of amides is 1. The molecule has 0 spiro atoms. The average Bonchev–Trinajstić information content (AvgIpc) is 2.58. The van der Waals surface area contributed by atoms with Crippen LogP contribution in [-0.2, 0) is 6.42 Å². The van der Waals surface area contributed by atoms with Gasteiger partial charge in [-0.1, -0.05) is 13.8 Å². The topological polar surface area (TPSA) is 71.0 Å². The molecule has 122 valence electrons. The molecule has 0 aliphatic carbocycles. The Hall–Kier alpha value is -2.50. The van der Waals surface area contributed by atoms with Crippen LogP contribution in [-0.4, -0.2) is 45.9 Å². The average molecular weight is 313 g/mol. The number of aromatic nitrogens is 3. The SMILES string of the molecule is CC(C)CNc1nccc(C(=O)N(C)CCc2ccncc2)n1. The largest absolute Gasteiger partial charge is 0.354 e. The zero-order chi connectivity index (χ0) is 16.7. The number of nitrogens with one attached hydrogen (secondary N) is 1. The molecule has 0 radical (unpaired) electrons. The van der Waals surface area contributed by atoms with Crippen molar-refractivity contribution in [1.82, 2.24) is 19.9 Å². The van der Waals surface area contributed by atoms with Crippen molar-refractivity contribution in [2.45, 2.75) is 20.3 Å². The van der Waals surface area contributed by atoms with Gasteiger partial charge in [-0.3, -0.25) is 9.78 Å². The Balaban J connectivity index is 1.94. The van der Waals surface area contributed by atoms with Crippen LogP contribution >= 0.6 is 0 Å². The summed E-state index contributed by atoms with van der Waals surface area (Å²) in [7, 11) is 1.78. The third-order valence-electron chi connectivity index (χ3n) is 3.38. The normalized spacial score (nSPS) is 10.6. The number of rotatable bonds is 7. The highest BCUT2D eigenvalue weighted by Crippen LogP contribution is 2.06. The van der Waals surface area contributed by atoms with Crippen LogP contribution in [0.4, 0.5) is 5.95 Å². The third kappa shape index (κ3) is 5.32. The molecule has 0 aromatic carbocycles. The monoisotopic (exact) mass is 313 g/mol. The molecule has 0 saturated carbocycles. The van der Waals surface area contributed by atoms with Crippen LogP contribution in [0.2, 0.25) is 0 Å². The zero-order valence-electron chi connectivity index (χ0n) is 13.9. The molecule has 0 unspecified atom stereocenters. The van der Waals surface area contributed by atoms with Crippen molar-refractivity contribution in [3.05, 3.63) is 48.0 Å².